The monoisotopic (exact) mass is 465 g/mol. The number of aryl methyl sites for hydroxylation is 2. The maximum Gasteiger partial charge on any atom is 0.260 e. The number of aromatic nitrogens is 2. The van der Waals surface area contributed by atoms with E-state index in [2.05, 4.69) is 15.6 Å². The Kier molecular flexibility index (Phi) is 8.90. The van der Waals surface area contributed by atoms with Crippen LogP contribution in [-0.2, 0) is 16.2 Å². The molecule has 0 saturated carbocycles. The van der Waals surface area contributed by atoms with Crippen LogP contribution in [0.25, 0.3) is 0 Å². The molecule has 0 fully saturated rings. The Morgan fingerprint density at radius 1 is 1.09 bits per heavy atom. The predicted molar refractivity (Wildman–Crippen MR) is 130 cm³/mol. The van der Waals surface area contributed by atoms with Crippen LogP contribution in [0.2, 0.25) is 0 Å². The van der Waals surface area contributed by atoms with E-state index >= 15 is 0 Å². The highest BCUT2D eigenvalue weighted by molar-refractivity contribution is 5.97. The van der Waals surface area contributed by atoms with Gasteiger partial charge in [0.1, 0.15) is 18.1 Å². The van der Waals surface area contributed by atoms with E-state index in [1.54, 1.807) is 0 Å². The SMILES string of the molecule is CCOc1ccc(OCCNC(=O)CO/N=C(/N)c2cccc(Cn3nc(C)cc3C)c2)cc1. The molecular formula is C25H31N5O4. The van der Waals surface area contributed by atoms with Gasteiger partial charge in [-0.1, -0.05) is 23.4 Å². The summed E-state index contributed by atoms with van der Waals surface area (Å²) in [6, 6.07) is 17.0. The van der Waals surface area contributed by atoms with Gasteiger partial charge in [0, 0.05) is 11.3 Å². The molecule has 3 N–H and O–H groups in total. The molecule has 0 atom stereocenters. The zero-order valence-electron chi connectivity index (χ0n) is 19.8. The lowest BCUT2D eigenvalue weighted by Crippen LogP contribution is -2.31. The highest BCUT2D eigenvalue weighted by Crippen LogP contribution is 2.17. The first-order valence-electron chi connectivity index (χ1n) is 11.1. The first kappa shape index (κ1) is 24.6. The molecule has 0 spiro atoms. The van der Waals surface area contributed by atoms with E-state index < -0.39 is 0 Å². The van der Waals surface area contributed by atoms with Crippen LogP contribution in [0, 0.1) is 13.8 Å². The molecule has 9 heteroatoms. The Morgan fingerprint density at radius 3 is 2.50 bits per heavy atom. The molecule has 1 amide bonds. The minimum absolute atomic E-state index is 0.196. The van der Waals surface area contributed by atoms with Gasteiger partial charge in [0.05, 0.1) is 25.4 Å². The van der Waals surface area contributed by atoms with Crippen LogP contribution in [-0.4, -0.2) is 47.9 Å². The molecule has 0 aliphatic rings. The molecule has 180 valence electrons. The maximum atomic E-state index is 12.0. The molecular weight excluding hydrogens is 434 g/mol. The molecule has 0 unspecified atom stereocenters. The normalized spacial score (nSPS) is 11.2. The highest BCUT2D eigenvalue weighted by Gasteiger charge is 2.06. The number of carbonyl (C=O) groups excluding carboxylic acids is 1. The summed E-state index contributed by atoms with van der Waals surface area (Å²) < 4.78 is 12.9. The number of nitrogens with two attached hydrogens (primary N) is 1. The third kappa shape index (κ3) is 7.54. The van der Waals surface area contributed by atoms with Crippen LogP contribution in [0.3, 0.4) is 0 Å². The molecule has 1 heterocycles. The molecule has 0 aliphatic carbocycles. The quantitative estimate of drug-likeness (QED) is 0.184. The van der Waals surface area contributed by atoms with Gasteiger partial charge in [-0.15, -0.1) is 0 Å². The van der Waals surface area contributed by atoms with E-state index in [0.717, 1.165) is 22.7 Å². The van der Waals surface area contributed by atoms with Gasteiger partial charge in [0.2, 0.25) is 0 Å². The van der Waals surface area contributed by atoms with E-state index in [1.165, 1.54) is 0 Å². The molecule has 2 aromatic carbocycles. The third-order valence-corrected chi connectivity index (χ3v) is 4.84. The van der Waals surface area contributed by atoms with E-state index in [0.29, 0.717) is 37.6 Å². The van der Waals surface area contributed by atoms with Crippen LogP contribution in [0.1, 0.15) is 29.4 Å². The van der Waals surface area contributed by atoms with Crippen molar-refractivity contribution in [3.8, 4) is 11.5 Å². The largest absolute Gasteiger partial charge is 0.494 e. The van der Waals surface area contributed by atoms with Crippen molar-refractivity contribution in [2.75, 3.05) is 26.4 Å². The van der Waals surface area contributed by atoms with Gasteiger partial charge in [-0.25, -0.2) is 0 Å². The van der Waals surface area contributed by atoms with Crippen LogP contribution >= 0.6 is 0 Å². The summed E-state index contributed by atoms with van der Waals surface area (Å²) >= 11 is 0. The number of nitrogens with zero attached hydrogens (tertiary/aromatic N) is 3. The average Bonchev–Trinajstić information content (AvgIpc) is 3.14. The number of carbonyl (C=O) groups is 1. The van der Waals surface area contributed by atoms with Gasteiger partial charge >= 0.3 is 0 Å². The van der Waals surface area contributed by atoms with Gasteiger partial charge in [-0.2, -0.15) is 5.10 Å². The first-order chi connectivity index (χ1) is 16.4. The highest BCUT2D eigenvalue weighted by atomic mass is 16.6. The number of amides is 1. The molecule has 0 aliphatic heterocycles. The summed E-state index contributed by atoms with van der Waals surface area (Å²) in [7, 11) is 0. The summed E-state index contributed by atoms with van der Waals surface area (Å²) in [6.45, 7) is 7.58. The summed E-state index contributed by atoms with van der Waals surface area (Å²) in [5.41, 5.74) is 9.84. The van der Waals surface area contributed by atoms with Crippen molar-refractivity contribution in [2.24, 2.45) is 10.9 Å². The van der Waals surface area contributed by atoms with Crippen molar-refractivity contribution in [1.29, 1.82) is 0 Å². The summed E-state index contributed by atoms with van der Waals surface area (Å²) in [5, 5.41) is 11.1. The topological polar surface area (TPSA) is 113 Å². The average molecular weight is 466 g/mol. The Hall–Kier alpha value is -4.01. The predicted octanol–water partition coefficient (Wildman–Crippen LogP) is 2.78. The summed E-state index contributed by atoms with van der Waals surface area (Å²) in [5.74, 6) is 1.37. The van der Waals surface area contributed by atoms with Gasteiger partial charge in [0.25, 0.3) is 5.91 Å². The number of rotatable bonds is 12. The lowest BCUT2D eigenvalue weighted by atomic mass is 10.1. The van der Waals surface area contributed by atoms with Crippen molar-refractivity contribution in [2.45, 2.75) is 27.3 Å². The van der Waals surface area contributed by atoms with Crippen LogP contribution in [0.15, 0.2) is 59.8 Å². The number of hydrogen-bond acceptors (Lipinski definition) is 6. The second-order valence-electron chi connectivity index (χ2n) is 7.64. The van der Waals surface area contributed by atoms with Gasteiger partial charge < -0.3 is 25.4 Å². The van der Waals surface area contributed by atoms with Gasteiger partial charge in [0.15, 0.2) is 12.4 Å². The van der Waals surface area contributed by atoms with Crippen LogP contribution in [0.5, 0.6) is 11.5 Å². The van der Waals surface area contributed by atoms with Crippen molar-refractivity contribution < 1.29 is 19.1 Å². The zero-order chi connectivity index (χ0) is 24.3. The lowest BCUT2D eigenvalue weighted by molar-refractivity contribution is -0.125. The van der Waals surface area contributed by atoms with Crippen molar-refractivity contribution in [3.05, 3.63) is 77.1 Å². The Balaban J connectivity index is 1.39. The Bertz CT molecular complexity index is 1110. The standard InChI is InChI=1S/C25H31N5O4/c1-4-32-22-8-10-23(11-9-22)33-13-12-27-24(31)17-34-29-25(26)21-7-5-6-20(15-21)16-30-19(3)14-18(2)28-30/h5-11,14-15H,4,12-13,16-17H2,1-3H3,(H2,26,29)(H,27,31). The fourth-order valence-corrected chi connectivity index (χ4v) is 3.26. The van der Waals surface area contributed by atoms with E-state index in [-0.39, 0.29) is 18.3 Å². The number of amidine groups is 1. The van der Waals surface area contributed by atoms with Crippen LogP contribution in [0.4, 0.5) is 0 Å². The first-order valence-corrected chi connectivity index (χ1v) is 11.1. The molecule has 3 rings (SSSR count). The summed E-state index contributed by atoms with van der Waals surface area (Å²) in [4.78, 5) is 17.1. The Labute approximate surface area is 199 Å². The fourth-order valence-electron chi connectivity index (χ4n) is 3.26. The zero-order valence-corrected chi connectivity index (χ0v) is 19.8. The number of oxime groups is 1. The molecule has 0 bridgehead atoms. The molecule has 3 aromatic rings. The molecule has 0 radical (unpaired) electrons. The van der Waals surface area contributed by atoms with Crippen molar-refractivity contribution in [1.82, 2.24) is 15.1 Å². The summed E-state index contributed by atoms with van der Waals surface area (Å²) in [6.07, 6.45) is 0. The smallest absolute Gasteiger partial charge is 0.260 e. The molecule has 9 nitrogen and oxygen atoms in total. The van der Waals surface area contributed by atoms with Crippen molar-refractivity contribution in [3.63, 3.8) is 0 Å². The number of benzene rings is 2. The number of hydrogen-bond donors (Lipinski definition) is 2. The maximum absolute atomic E-state index is 12.0. The molecule has 0 saturated heterocycles. The van der Waals surface area contributed by atoms with Crippen LogP contribution < -0.4 is 20.5 Å². The minimum atomic E-state index is -0.315. The number of nitrogens with one attached hydrogen (secondary N) is 1. The number of ether oxygens (including phenoxy) is 2. The van der Waals surface area contributed by atoms with Gasteiger partial charge in [-0.05, 0) is 62.7 Å². The van der Waals surface area contributed by atoms with E-state index in [4.69, 9.17) is 20.0 Å². The van der Waals surface area contributed by atoms with E-state index in [9.17, 15) is 4.79 Å². The molecule has 34 heavy (non-hydrogen) atoms. The fraction of sp³-hybridized carbons (Fsp3) is 0.320. The second kappa shape index (κ2) is 12.3. The van der Waals surface area contributed by atoms with Gasteiger partial charge in [-0.3, -0.25) is 9.48 Å². The molecule has 1 aromatic heterocycles. The van der Waals surface area contributed by atoms with E-state index in [1.807, 2.05) is 80.1 Å². The van der Waals surface area contributed by atoms with Crippen molar-refractivity contribution >= 4 is 11.7 Å². The second-order valence-corrected chi connectivity index (χ2v) is 7.64. The third-order valence-electron chi connectivity index (χ3n) is 4.84. The lowest BCUT2D eigenvalue weighted by Gasteiger charge is -2.09. The Morgan fingerprint density at radius 2 is 1.82 bits per heavy atom. The minimum Gasteiger partial charge on any atom is -0.494 e.